The average molecular weight is 456 g/mol. The molecule has 1 atom stereocenters. The molecule has 2 aromatic rings. The molecule has 1 unspecified atom stereocenters. The van der Waals surface area contributed by atoms with E-state index in [1.54, 1.807) is 12.1 Å². The molecule has 7 heteroatoms. The molecule has 0 aliphatic rings. The van der Waals surface area contributed by atoms with E-state index >= 15 is 0 Å². The van der Waals surface area contributed by atoms with E-state index in [1.165, 1.54) is 12.3 Å². The van der Waals surface area contributed by atoms with Crippen LogP contribution in [0.2, 0.25) is 0 Å². The number of aliphatic hydroxyl groups is 1. The van der Waals surface area contributed by atoms with Crippen LogP contribution >= 0.6 is 19.8 Å². The van der Waals surface area contributed by atoms with Crippen molar-refractivity contribution < 1.29 is 19.4 Å². The molecule has 0 aliphatic heterocycles. The first-order valence-electron chi connectivity index (χ1n) is 7.59. The van der Waals surface area contributed by atoms with Crippen LogP contribution in [0.4, 0.5) is 4.39 Å². The first-order valence-corrected chi connectivity index (χ1v) is 12.1. The van der Waals surface area contributed by atoms with Gasteiger partial charge >= 0.3 is 153 Å². The number of hydrogen-bond acceptors (Lipinski definition) is 4. The minimum absolute atomic E-state index is 0.103. The van der Waals surface area contributed by atoms with Crippen LogP contribution in [0.5, 0.6) is 0 Å². The number of aromatic nitrogens is 1. The van der Waals surface area contributed by atoms with Gasteiger partial charge in [-0.1, -0.05) is 0 Å². The molecule has 1 aromatic carbocycles. The molecular formula is C18H18FIN2O3. The number of pyridine rings is 1. The number of carboxylic acid groups (broad SMARTS) is 1. The van der Waals surface area contributed by atoms with Crippen molar-refractivity contribution in [3.05, 3.63) is 51.0 Å². The monoisotopic (exact) mass is 456 g/mol. The summed E-state index contributed by atoms with van der Waals surface area (Å²) in [7, 11) is 0. The van der Waals surface area contributed by atoms with Crippen LogP contribution in [-0.2, 0) is 0 Å². The summed E-state index contributed by atoms with van der Waals surface area (Å²) in [4.78, 5) is 17.0. The van der Waals surface area contributed by atoms with Gasteiger partial charge in [0.15, 0.2) is 0 Å². The molecule has 132 valence electrons. The Hall–Kier alpha value is -2.05. The van der Waals surface area contributed by atoms with Gasteiger partial charge in [-0.15, -0.1) is 0 Å². The Bertz CT molecular complexity index is 836. The van der Waals surface area contributed by atoms with E-state index in [1.807, 2.05) is 11.9 Å². The van der Waals surface area contributed by atoms with Gasteiger partial charge in [0.1, 0.15) is 0 Å². The summed E-state index contributed by atoms with van der Waals surface area (Å²) in [5, 5.41) is 28.7. The number of nitrogens with zero attached hydrogens (tertiary/aromatic N) is 2. The van der Waals surface area contributed by atoms with E-state index in [9.17, 15) is 19.6 Å². The number of carboxylic acids is 1. The molecule has 0 spiro atoms. The number of aromatic carboxylic acids is 1. The van der Waals surface area contributed by atoms with Gasteiger partial charge in [-0.05, 0) is 0 Å². The van der Waals surface area contributed by atoms with Gasteiger partial charge in [-0.2, -0.15) is 0 Å². The SMILES string of the molecule is CCCC(O)I(C)c1ccc(-c2nccc(C(=O)O)c2F)cc1C#N. The van der Waals surface area contributed by atoms with E-state index in [0.29, 0.717) is 17.5 Å². The average Bonchev–Trinajstić information content (AvgIpc) is 2.60. The zero-order valence-electron chi connectivity index (χ0n) is 13.8. The number of benzene rings is 1. The fraction of sp³-hybridized carbons (Fsp3) is 0.278. The second kappa shape index (κ2) is 8.36. The molecule has 2 rings (SSSR count). The fourth-order valence-electron chi connectivity index (χ4n) is 2.37. The third kappa shape index (κ3) is 4.14. The van der Waals surface area contributed by atoms with Gasteiger partial charge < -0.3 is 0 Å². The van der Waals surface area contributed by atoms with E-state index in [-0.39, 0.29) is 5.69 Å². The van der Waals surface area contributed by atoms with E-state index < -0.39 is 41.3 Å². The van der Waals surface area contributed by atoms with Crippen LogP contribution in [0.1, 0.15) is 35.7 Å². The zero-order chi connectivity index (χ0) is 18.6. The number of rotatable bonds is 6. The summed E-state index contributed by atoms with van der Waals surface area (Å²) in [6, 6.07) is 8.06. The van der Waals surface area contributed by atoms with E-state index in [0.717, 1.165) is 16.1 Å². The van der Waals surface area contributed by atoms with Crippen LogP contribution in [0, 0.1) is 20.7 Å². The topological polar surface area (TPSA) is 94.2 Å². The van der Waals surface area contributed by atoms with Crippen molar-refractivity contribution >= 4 is 25.8 Å². The Morgan fingerprint density at radius 1 is 1.44 bits per heavy atom. The van der Waals surface area contributed by atoms with Crippen LogP contribution in [-0.4, -0.2) is 30.2 Å². The number of hydrogen-bond donors (Lipinski definition) is 2. The number of nitriles is 1. The van der Waals surface area contributed by atoms with Crippen LogP contribution in [0.3, 0.4) is 0 Å². The summed E-state index contributed by atoms with van der Waals surface area (Å²) in [6.45, 7) is 1.99. The first-order chi connectivity index (χ1) is 11.9. The van der Waals surface area contributed by atoms with E-state index in [2.05, 4.69) is 11.1 Å². The Morgan fingerprint density at radius 3 is 2.76 bits per heavy atom. The first kappa shape index (κ1) is 19.3. The molecule has 0 fully saturated rings. The summed E-state index contributed by atoms with van der Waals surface area (Å²) >= 11 is -1.95. The van der Waals surface area contributed by atoms with E-state index in [4.69, 9.17) is 5.11 Å². The summed E-state index contributed by atoms with van der Waals surface area (Å²) in [5.41, 5.74) is 0.154. The quantitative estimate of drug-likeness (QED) is 0.509. The fourth-order valence-corrected chi connectivity index (χ4v) is 6.64. The number of carbonyl (C=O) groups is 1. The molecule has 25 heavy (non-hydrogen) atoms. The zero-order valence-corrected chi connectivity index (χ0v) is 16.0. The van der Waals surface area contributed by atoms with Crippen molar-refractivity contribution in [2.75, 3.05) is 4.93 Å². The molecule has 1 heterocycles. The number of alkyl halides is 2. The molecule has 0 saturated heterocycles. The summed E-state index contributed by atoms with van der Waals surface area (Å²) in [6.07, 6.45) is 2.77. The van der Waals surface area contributed by atoms with Crippen molar-refractivity contribution in [3.8, 4) is 17.3 Å². The summed E-state index contributed by atoms with van der Waals surface area (Å²) in [5.74, 6) is -2.30. The van der Waals surface area contributed by atoms with Gasteiger partial charge in [0.25, 0.3) is 0 Å². The molecule has 5 nitrogen and oxygen atoms in total. The minimum atomic E-state index is -1.95. The van der Waals surface area contributed by atoms with Crippen molar-refractivity contribution in [1.29, 1.82) is 5.26 Å². The Balaban J connectivity index is 2.49. The second-order valence-corrected chi connectivity index (χ2v) is 10.9. The molecule has 0 radical (unpaired) electrons. The Labute approximate surface area is 152 Å². The molecule has 0 aliphatic carbocycles. The molecular weight excluding hydrogens is 438 g/mol. The van der Waals surface area contributed by atoms with Crippen molar-refractivity contribution in [1.82, 2.24) is 4.98 Å². The van der Waals surface area contributed by atoms with Gasteiger partial charge in [-0.3, -0.25) is 0 Å². The number of halogens is 2. The van der Waals surface area contributed by atoms with Crippen molar-refractivity contribution in [3.63, 3.8) is 0 Å². The van der Waals surface area contributed by atoms with Gasteiger partial charge in [0, 0.05) is 0 Å². The van der Waals surface area contributed by atoms with Crippen molar-refractivity contribution in [2.45, 2.75) is 23.9 Å². The molecule has 2 N–H and O–H groups in total. The van der Waals surface area contributed by atoms with Gasteiger partial charge in [0.2, 0.25) is 0 Å². The molecule has 0 bridgehead atoms. The predicted molar refractivity (Wildman–Crippen MR) is 101 cm³/mol. The predicted octanol–water partition coefficient (Wildman–Crippen LogP) is 3.88. The van der Waals surface area contributed by atoms with Crippen molar-refractivity contribution in [2.24, 2.45) is 0 Å². The second-order valence-electron chi connectivity index (χ2n) is 5.37. The maximum absolute atomic E-state index is 14.4. The maximum atomic E-state index is 14.4. The standard InChI is InChI=1S/C18H18FIN2O3/c1-3-4-15(23)20(2)14-6-5-11(9-12(14)10-21)17-16(19)13(18(24)25)7-8-22-17/h5-9,15,23H,3-4H2,1-2H3,(H,24,25). The molecule has 1 aromatic heterocycles. The van der Waals surface area contributed by atoms with Crippen LogP contribution < -0.4 is 0 Å². The Kier molecular flexibility index (Phi) is 6.45. The number of aliphatic hydroxyl groups excluding tert-OH is 1. The van der Waals surface area contributed by atoms with Crippen LogP contribution in [0.25, 0.3) is 11.3 Å². The third-order valence-corrected chi connectivity index (χ3v) is 9.26. The molecule has 0 saturated carbocycles. The molecule has 0 amide bonds. The van der Waals surface area contributed by atoms with Crippen LogP contribution in [0.15, 0.2) is 30.5 Å². The Morgan fingerprint density at radius 2 is 2.16 bits per heavy atom. The van der Waals surface area contributed by atoms with Gasteiger partial charge in [0.05, 0.1) is 0 Å². The third-order valence-electron chi connectivity index (χ3n) is 3.71. The summed E-state index contributed by atoms with van der Waals surface area (Å²) < 4.78 is 14.8. The normalized spacial score (nSPS) is 12.4. The van der Waals surface area contributed by atoms with Gasteiger partial charge in [-0.25, -0.2) is 0 Å².